The molecule has 124 valence electrons. The predicted molar refractivity (Wildman–Crippen MR) is 90.8 cm³/mol. The average molecular weight is 346 g/mol. The van der Waals surface area contributed by atoms with Gasteiger partial charge in [-0.1, -0.05) is 23.7 Å². The molecule has 6 nitrogen and oxygen atoms in total. The maximum Gasteiger partial charge on any atom is 0.276 e. The molecule has 3 rings (SSSR count). The van der Waals surface area contributed by atoms with Crippen LogP contribution in [0.4, 0.5) is 5.69 Å². The van der Waals surface area contributed by atoms with Gasteiger partial charge in [0.15, 0.2) is 6.61 Å². The van der Waals surface area contributed by atoms with E-state index in [9.17, 15) is 9.59 Å². The average Bonchev–Trinajstić information content (AvgIpc) is 2.58. The minimum atomic E-state index is -0.425. The second kappa shape index (κ2) is 6.80. The van der Waals surface area contributed by atoms with Gasteiger partial charge in [-0.15, -0.1) is 0 Å². The molecule has 1 heterocycles. The standard InChI is InChI=1S/C17H16ClN3O3/c1-11-19-15-5-3-2-4-14(15)17(23)21(11)20-16(22)10-24-13-8-6-12(18)7-9-13/h2-9,11,19H,10H2,1H3,(H,20,22). The van der Waals surface area contributed by atoms with E-state index in [-0.39, 0.29) is 18.7 Å². The number of amides is 2. The molecular weight excluding hydrogens is 330 g/mol. The molecule has 0 saturated heterocycles. The summed E-state index contributed by atoms with van der Waals surface area (Å²) in [4.78, 5) is 24.6. The fraction of sp³-hybridized carbons (Fsp3) is 0.176. The van der Waals surface area contributed by atoms with Crippen LogP contribution in [0.3, 0.4) is 0 Å². The first-order valence-electron chi connectivity index (χ1n) is 7.41. The normalized spacial score (nSPS) is 16.2. The number of hydrogen-bond acceptors (Lipinski definition) is 4. The molecule has 0 radical (unpaired) electrons. The van der Waals surface area contributed by atoms with Gasteiger partial charge < -0.3 is 10.1 Å². The van der Waals surface area contributed by atoms with Crippen LogP contribution in [0.5, 0.6) is 5.75 Å². The third kappa shape index (κ3) is 3.44. The monoisotopic (exact) mass is 345 g/mol. The third-order valence-electron chi connectivity index (χ3n) is 3.56. The lowest BCUT2D eigenvalue weighted by molar-refractivity contribution is -0.127. The van der Waals surface area contributed by atoms with Gasteiger partial charge in [0.1, 0.15) is 11.9 Å². The van der Waals surface area contributed by atoms with E-state index in [1.54, 1.807) is 43.3 Å². The van der Waals surface area contributed by atoms with Crippen LogP contribution < -0.4 is 15.5 Å². The van der Waals surface area contributed by atoms with Crippen LogP contribution in [0.25, 0.3) is 0 Å². The van der Waals surface area contributed by atoms with Gasteiger partial charge in [0.25, 0.3) is 11.8 Å². The molecule has 2 aromatic rings. The van der Waals surface area contributed by atoms with Crippen molar-refractivity contribution >= 4 is 29.1 Å². The van der Waals surface area contributed by atoms with E-state index in [0.29, 0.717) is 16.3 Å². The summed E-state index contributed by atoms with van der Waals surface area (Å²) in [5.74, 6) is -0.168. The molecule has 0 saturated carbocycles. The highest BCUT2D eigenvalue weighted by Gasteiger charge is 2.30. The zero-order chi connectivity index (χ0) is 17.1. The van der Waals surface area contributed by atoms with Crippen LogP contribution in [-0.4, -0.2) is 29.6 Å². The largest absolute Gasteiger partial charge is 0.484 e. The van der Waals surface area contributed by atoms with Crippen molar-refractivity contribution in [2.75, 3.05) is 11.9 Å². The lowest BCUT2D eigenvalue weighted by atomic mass is 10.1. The topological polar surface area (TPSA) is 70.7 Å². The quantitative estimate of drug-likeness (QED) is 0.893. The van der Waals surface area contributed by atoms with Crippen molar-refractivity contribution in [1.82, 2.24) is 10.4 Å². The number of carbonyl (C=O) groups is 2. The SMILES string of the molecule is CC1Nc2ccccc2C(=O)N1NC(=O)COc1ccc(Cl)cc1. The molecule has 2 aromatic carbocycles. The highest BCUT2D eigenvalue weighted by atomic mass is 35.5. The van der Waals surface area contributed by atoms with E-state index >= 15 is 0 Å². The smallest absolute Gasteiger partial charge is 0.276 e. The zero-order valence-electron chi connectivity index (χ0n) is 13.0. The molecule has 1 aliphatic rings. The maximum atomic E-state index is 12.5. The number of carbonyl (C=O) groups excluding carboxylic acids is 2. The van der Waals surface area contributed by atoms with Crippen molar-refractivity contribution in [3.05, 3.63) is 59.1 Å². The summed E-state index contributed by atoms with van der Waals surface area (Å²) in [6.45, 7) is 1.58. The van der Waals surface area contributed by atoms with Gasteiger partial charge in [-0.2, -0.15) is 0 Å². The van der Waals surface area contributed by atoms with E-state index in [1.807, 2.05) is 12.1 Å². The molecule has 0 spiro atoms. The van der Waals surface area contributed by atoms with E-state index in [4.69, 9.17) is 16.3 Å². The van der Waals surface area contributed by atoms with Gasteiger partial charge in [-0.05, 0) is 43.3 Å². The van der Waals surface area contributed by atoms with Gasteiger partial charge >= 0.3 is 0 Å². The number of ether oxygens (including phenoxy) is 1. The Morgan fingerprint density at radius 3 is 2.71 bits per heavy atom. The van der Waals surface area contributed by atoms with Crippen LogP contribution in [0.2, 0.25) is 5.02 Å². The van der Waals surface area contributed by atoms with E-state index in [2.05, 4.69) is 10.7 Å². The molecule has 0 aliphatic carbocycles. The number of anilines is 1. The van der Waals surface area contributed by atoms with Crippen molar-refractivity contribution in [1.29, 1.82) is 0 Å². The molecule has 7 heteroatoms. The van der Waals surface area contributed by atoms with Crippen molar-refractivity contribution < 1.29 is 14.3 Å². The van der Waals surface area contributed by atoms with Crippen molar-refractivity contribution in [3.8, 4) is 5.75 Å². The summed E-state index contributed by atoms with van der Waals surface area (Å²) < 4.78 is 5.38. The minimum absolute atomic E-state index is 0.209. The third-order valence-corrected chi connectivity index (χ3v) is 3.81. The molecule has 1 unspecified atom stereocenters. The van der Waals surface area contributed by atoms with E-state index < -0.39 is 5.91 Å². The summed E-state index contributed by atoms with van der Waals surface area (Å²) in [6, 6.07) is 13.8. The van der Waals surface area contributed by atoms with Gasteiger partial charge in [0.05, 0.1) is 5.56 Å². The molecule has 0 aromatic heterocycles. The number of hydrazine groups is 1. The van der Waals surface area contributed by atoms with E-state index in [1.165, 1.54) is 5.01 Å². The fourth-order valence-electron chi connectivity index (χ4n) is 2.38. The molecular formula is C17H16ClN3O3. The van der Waals surface area contributed by atoms with E-state index in [0.717, 1.165) is 5.69 Å². The van der Waals surface area contributed by atoms with Crippen LogP contribution in [0.15, 0.2) is 48.5 Å². The molecule has 2 N–H and O–H groups in total. The van der Waals surface area contributed by atoms with Crippen molar-refractivity contribution in [2.24, 2.45) is 0 Å². The summed E-state index contributed by atoms with van der Waals surface area (Å²) in [6.07, 6.45) is -0.369. The van der Waals surface area contributed by atoms with Crippen LogP contribution in [0.1, 0.15) is 17.3 Å². The minimum Gasteiger partial charge on any atom is -0.484 e. The number of halogens is 1. The number of benzene rings is 2. The second-order valence-corrected chi connectivity index (χ2v) is 5.76. The fourth-order valence-corrected chi connectivity index (χ4v) is 2.51. The number of nitrogens with zero attached hydrogens (tertiary/aromatic N) is 1. The molecule has 0 fully saturated rings. The Kier molecular flexibility index (Phi) is 4.57. The summed E-state index contributed by atoms with van der Waals surface area (Å²) >= 11 is 5.79. The summed E-state index contributed by atoms with van der Waals surface area (Å²) in [5, 5.41) is 5.01. The number of nitrogens with one attached hydrogen (secondary N) is 2. The number of para-hydroxylation sites is 1. The lowest BCUT2D eigenvalue weighted by Crippen LogP contribution is -2.56. The number of hydrogen-bond donors (Lipinski definition) is 2. The molecule has 1 atom stereocenters. The maximum absolute atomic E-state index is 12.5. The highest BCUT2D eigenvalue weighted by Crippen LogP contribution is 2.23. The Hall–Kier alpha value is -2.73. The van der Waals surface area contributed by atoms with Crippen molar-refractivity contribution in [3.63, 3.8) is 0 Å². The summed E-state index contributed by atoms with van der Waals surface area (Å²) in [7, 11) is 0. The Labute approximate surface area is 144 Å². The van der Waals surface area contributed by atoms with Crippen molar-refractivity contribution in [2.45, 2.75) is 13.1 Å². The second-order valence-electron chi connectivity index (χ2n) is 5.32. The van der Waals surface area contributed by atoms with Crippen LogP contribution >= 0.6 is 11.6 Å². The Balaban J connectivity index is 1.62. The van der Waals surface area contributed by atoms with Gasteiger partial charge in [-0.25, -0.2) is 5.01 Å². The Bertz CT molecular complexity index is 764. The molecule has 2 amide bonds. The summed E-state index contributed by atoms with van der Waals surface area (Å²) in [5.41, 5.74) is 3.83. The highest BCUT2D eigenvalue weighted by molar-refractivity contribution is 6.30. The first kappa shape index (κ1) is 16.1. The molecule has 0 bridgehead atoms. The first-order valence-corrected chi connectivity index (χ1v) is 7.79. The number of fused-ring (bicyclic) bond motifs is 1. The Morgan fingerprint density at radius 2 is 1.96 bits per heavy atom. The van der Waals surface area contributed by atoms with Gasteiger partial charge in [0, 0.05) is 10.7 Å². The number of rotatable bonds is 4. The Morgan fingerprint density at radius 1 is 1.25 bits per heavy atom. The molecule has 1 aliphatic heterocycles. The zero-order valence-corrected chi connectivity index (χ0v) is 13.7. The van der Waals surface area contributed by atoms with Crippen LogP contribution in [-0.2, 0) is 4.79 Å². The molecule has 24 heavy (non-hydrogen) atoms. The first-order chi connectivity index (χ1) is 11.5. The van der Waals surface area contributed by atoms with Gasteiger partial charge in [0.2, 0.25) is 0 Å². The van der Waals surface area contributed by atoms with Gasteiger partial charge in [-0.3, -0.25) is 15.0 Å². The van der Waals surface area contributed by atoms with Crippen LogP contribution in [0, 0.1) is 0 Å². The lowest BCUT2D eigenvalue weighted by Gasteiger charge is -2.35. The predicted octanol–water partition coefficient (Wildman–Crippen LogP) is 2.66.